The van der Waals surface area contributed by atoms with Gasteiger partial charge in [-0.3, -0.25) is 9.89 Å². The molecule has 0 aliphatic carbocycles. The Bertz CT molecular complexity index is 453. The lowest BCUT2D eigenvalue weighted by Crippen LogP contribution is -2.39. The van der Waals surface area contributed by atoms with Crippen molar-refractivity contribution in [1.82, 2.24) is 15.1 Å². The topological polar surface area (TPSA) is 58.2 Å². The molecular weight excluding hydrogens is 230 g/mol. The predicted octanol–water partition coefficient (Wildman–Crippen LogP) is 1.42. The summed E-state index contributed by atoms with van der Waals surface area (Å²) in [6, 6.07) is 2.00. The van der Waals surface area contributed by atoms with E-state index >= 15 is 0 Å². The lowest BCUT2D eigenvalue weighted by molar-refractivity contribution is -0.128. The largest absolute Gasteiger partial charge is 0.500 e. The van der Waals surface area contributed by atoms with Gasteiger partial charge >= 0.3 is 0 Å². The van der Waals surface area contributed by atoms with E-state index in [0.717, 1.165) is 43.6 Å². The number of aromatic amines is 1. The van der Waals surface area contributed by atoms with Crippen LogP contribution in [0.5, 0.6) is 0 Å². The highest BCUT2D eigenvalue weighted by molar-refractivity contribution is 5.93. The first kappa shape index (κ1) is 11.3. The average molecular weight is 247 g/mol. The Balaban J connectivity index is 1.68. The fourth-order valence-corrected chi connectivity index (χ4v) is 2.66. The van der Waals surface area contributed by atoms with E-state index in [2.05, 4.69) is 10.2 Å². The molecule has 0 unspecified atom stereocenters. The molecule has 0 bridgehead atoms. The molecule has 1 amide bonds. The zero-order chi connectivity index (χ0) is 12.4. The lowest BCUT2D eigenvalue weighted by atomic mass is 9.94. The van der Waals surface area contributed by atoms with Crippen molar-refractivity contribution in [1.29, 1.82) is 0 Å². The van der Waals surface area contributed by atoms with Gasteiger partial charge < -0.3 is 9.64 Å². The summed E-state index contributed by atoms with van der Waals surface area (Å²) in [6.45, 7) is 2.26. The van der Waals surface area contributed by atoms with E-state index in [4.69, 9.17) is 4.74 Å². The second-order valence-corrected chi connectivity index (χ2v) is 4.87. The van der Waals surface area contributed by atoms with Crippen LogP contribution in [0.15, 0.2) is 24.1 Å². The average Bonchev–Trinajstić information content (AvgIpc) is 3.11. The van der Waals surface area contributed by atoms with Gasteiger partial charge in [-0.2, -0.15) is 5.10 Å². The number of hydrogen-bond acceptors (Lipinski definition) is 3. The van der Waals surface area contributed by atoms with Gasteiger partial charge in [0, 0.05) is 37.3 Å². The number of H-pyrrole nitrogens is 1. The van der Waals surface area contributed by atoms with Gasteiger partial charge in [0.25, 0.3) is 5.91 Å². The summed E-state index contributed by atoms with van der Waals surface area (Å²) < 4.78 is 5.14. The molecule has 1 aromatic heterocycles. The second-order valence-electron chi connectivity index (χ2n) is 4.87. The zero-order valence-electron chi connectivity index (χ0n) is 10.3. The number of carbonyl (C=O) groups excluding carboxylic acids is 1. The van der Waals surface area contributed by atoms with Gasteiger partial charge in [0.15, 0.2) is 0 Å². The van der Waals surface area contributed by atoms with Crippen LogP contribution < -0.4 is 0 Å². The van der Waals surface area contributed by atoms with Crippen LogP contribution in [-0.4, -0.2) is 40.7 Å². The van der Waals surface area contributed by atoms with Crippen LogP contribution in [0.25, 0.3) is 0 Å². The number of likely N-dealkylation sites (tertiary alicyclic amines) is 1. The third-order valence-corrected chi connectivity index (χ3v) is 3.66. The highest BCUT2D eigenvalue weighted by atomic mass is 16.5. The minimum atomic E-state index is 0.136. The van der Waals surface area contributed by atoms with Gasteiger partial charge in [0.1, 0.15) is 0 Å². The summed E-state index contributed by atoms with van der Waals surface area (Å²) >= 11 is 0. The van der Waals surface area contributed by atoms with Crippen molar-refractivity contribution in [3.63, 3.8) is 0 Å². The van der Waals surface area contributed by atoms with Crippen molar-refractivity contribution < 1.29 is 9.53 Å². The molecule has 5 heteroatoms. The van der Waals surface area contributed by atoms with Crippen LogP contribution in [0, 0.1) is 0 Å². The van der Waals surface area contributed by atoms with E-state index < -0.39 is 0 Å². The molecule has 1 aromatic rings. The van der Waals surface area contributed by atoms with Crippen molar-refractivity contribution in [2.75, 3.05) is 19.7 Å². The third-order valence-electron chi connectivity index (χ3n) is 3.66. The van der Waals surface area contributed by atoms with Crippen molar-refractivity contribution in [2.24, 2.45) is 0 Å². The van der Waals surface area contributed by atoms with Gasteiger partial charge in [-0.25, -0.2) is 0 Å². The molecule has 96 valence electrons. The van der Waals surface area contributed by atoms with Crippen LogP contribution >= 0.6 is 0 Å². The fraction of sp³-hybridized carbons (Fsp3) is 0.538. The maximum atomic E-state index is 12.3. The highest BCUT2D eigenvalue weighted by Gasteiger charge is 2.28. The van der Waals surface area contributed by atoms with E-state index in [1.165, 1.54) is 0 Å². The molecule has 1 atom stereocenters. The minimum absolute atomic E-state index is 0.136. The van der Waals surface area contributed by atoms with Gasteiger partial charge in [-0.05, 0) is 18.9 Å². The standard InChI is InChI=1S/C13H17N3O2/c17-13(11-4-7-18-9-11)16-6-1-2-10(8-16)12-3-5-14-15-12/h3,5,9-10H,1-2,4,6-8H2,(H,14,15)/t10-/m1/s1. The predicted molar refractivity (Wildman–Crippen MR) is 65.8 cm³/mol. The Kier molecular flexibility index (Phi) is 3.04. The third kappa shape index (κ3) is 2.12. The van der Waals surface area contributed by atoms with E-state index in [-0.39, 0.29) is 5.91 Å². The first-order valence-electron chi connectivity index (χ1n) is 6.44. The molecule has 5 nitrogen and oxygen atoms in total. The number of nitrogens with zero attached hydrogens (tertiary/aromatic N) is 2. The summed E-state index contributed by atoms with van der Waals surface area (Å²) in [5, 5.41) is 6.99. The lowest BCUT2D eigenvalue weighted by Gasteiger charge is -2.32. The normalized spacial score (nSPS) is 23.7. The maximum Gasteiger partial charge on any atom is 0.253 e. The number of hydrogen-bond donors (Lipinski definition) is 1. The van der Waals surface area contributed by atoms with Crippen molar-refractivity contribution in [3.8, 4) is 0 Å². The minimum Gasteiger partial charge on any atom is -0.500 e. The Morgan fingerprint density at radius 3 is 3.22 bits per heavy atom. The maximum absolute atomic E-state index is 12.3. The smallest absolute Gasteiger partial charge is 0.253 e. The molecule has 0 aromatic carbocycles. The van der Waals surface area contributed by atoms with Crippen molar-refractivity contribution in [3.05, 3.63) is 29.8 Å². The Hall–Kier alpha value is -1.78. The molecule has 0 saturated carbocycles. The van der Waals surface area contributed by atoms with Crippen LogP contribution in [0.2, 0.25) is 0 Å². The number of aromatic nitrogens is 2. The monoisotopic (exact) mass is 247 g/mol. The van der Waals surface area contributed by atoms with E-state index in [1.54, 1.807) is 12.5 Å². The summed E-state index contributed by atoms with van der Waals surface area (Å²) in [5.74, 6) is 0.518. The number of nitrogens with one attached hydrogen (secondary N) is 1. The number of piperidine rings is 1. The van der Waals surface area contributed by atoms with E-state index in [0.29, 0.717) is 12.5 Å². The molecule has 1 N–H and O–H groups in total. The number of ether oxygens (including phenoxy) is 1. The van der Waals surface area contributed by atoms with Crippen LogP contribution in [0.3, 0.4) is 0 Å². The number of rotatable bonds is 2. The summed E-state index contributed by atoms with van der Waals surface area (Å²) in [4.78, 5) is 14.2. The molecule has 3 heterocycles. The SMILES string of the molecule is O=C(C1=COCC1)N1CCC[C@@H](c2ccn[nH]2)C1. The first-order valence-corrected chi connectivity index (χ1v) is 6.44. The Labute approximate surface area is 106 Å². The number of carbonyl (C=O) groups is 1. The van der Waals surface area contributed by atoms with Gasteiger partial charge in [0.2, 0.25) is 0 Å². The molecule has 2 aliphatic rings. The number of amides is 1. The van der Waals surface area contributed by atoms with E-state index in [9.17, 15) is 4.79 Å². The molecule has 3 rings (SSSR count). The quantitative estimate of drug-likeness (QED) is 0.859. The summed E-state index contributed by atoms with van der Waals surface area (Å²) in [7, 11) is 0. The Morgan fingerprint density at radius 2 is 2.50 bits per heavy atom. The summed E-state index contributed by atoms with van der Waals surface area (Å²) in [5.41, 5.74) is 1.93. The van der Waals surface area contributed by atoms with Crippen molar-refractivity contribution >= 4 is 5.91 Å². The zero-order valence-corrected chi connectivity index (χ0v) is 10.3. The van der Waals surface area contributed by atoms with Crippen LogP contribution in [0.4, 0.5) is 0 Å². The van der Waals surface area contributed by atoms with Crippen molar-refractivity contribution in [2.45, 2.75) is 25.2 Å². The van der Waals surface area contributed by atoms with E-state index in [1.807, 2.05) is 11.0 Å². The molecule has 18 heavy (non-hydrogen) atoms. The molecule has 0 spiro atoms. The fourth-order valence-electron chi connectivity index (χ4n) is 2.66. The molecular formula is C13H17N3O2. The Morgan fingerprint density at radius 1 is 1.56 bits per heavy atom. The van der Waals surface area contributed by atoms with Gasteiger partial charge in [0.05, 0.1) is 18.4 Å². The summed E-state index contributed by atoms with van der Waals surface area (Å²) in [6.07, 6.45) is 6.28. The van der Waals surface area contributed by atoms with Crippen LogP contribution in [-0.2, 0) is 9.53 Å². The second kappa shape index (κ2) is 4.84. The molecule has 1 fully saturated rings. The highest BCUT2D eigenvalue weighted by Crippen LogP contribution is 2.27. The van der Waals surface area contributed by atoms with Gasteiger partial charge in [-0.15, -0.1) is 0 Å². The molecule has 0 radical (unpaired) electrons. The molecule has 1 saturated heterocycles. The first-order chi connectivity index (χ1) is 8.84. The van der Waals surface area contributed by atoms with Gasteiger partial charge in [-0.1, -0.05) is 0 Å². The van der Waals surface area contributed by atoms with Crippen LogP contribution in [0.1, 0.15) is 30.9 Å². The molecule has 2 aliphatic heterocycles.